The van der Waals surface area contributed by atoms with Crippen LogP contribution in [0.5, 0.6) is 0 Å². The highest BCUT2D eigenvalue weighted by Gasteiger charge is 2.47. The molecule has 1 N–H and O–H groups in total. The van der Waals surface area contributed by atoms with Gasteiger partial charge < -0.3 is 10.1 Å². The van der Waals surface area contributed by atoms with Crippen LogP contribution in [0.4, 0.5) is 0 Å². The molecule has 1 aliphatic carbocycles. The van der Waals surface area contributed by atoms with Gasteiger partial charge in [0.2, 0.25) is 0 Å². The van der Waals surface area contributed by atoms with E-state index in [0.29, 0.717) is 11.6 Å². The second kappa shape index (κ2) is 7.77. The fraction of sp³-hybridized carbons (Fsp3) is 1.00. The van der Waals surface area contributed by atoms with E-state index in [9.17, 15) is 0 Å². The first kappa shape index (κ1) is 16.3. The predicted octanol–water partition coefficient (Wildman–Crippen LogP) is 3.05. The van der Waals surface area contributed by atoms with Crippen LogP contribution in [0, 0.1) is 5.92 Å². The average Bonchev–Trinajstić information content (AvgIpc) is 2.97. The van der Waals surface area contributed by atoms with E-state index in [4.69, 9.17) is 4.74 Å². The van der Waals surface area contributed by atoms with Gasteiger partial charge in [-0.15, -0.1) is 0 Å². The van der Waals surface area contributed by atoms with Crippen molar-refractivity contribution in [2.45, 2.75) is 70.9 Å². The minimum absolute atomic E-state index is 0.404. The Morgan fingerprint density at radius 2 is 1.70 bits per heavy atom. The van der Waals surface area contributed by atoms with Crippen molar-refractivity contribution in [2.24, 2.45) is 5.92 Å². The van der Waals surface area contributed by atoms with Crippen molar-refractivity contribution in [2.75, 3.05) is 32.8 Å². The number of hydrogen-bond donors (Lipinski definition) is 1. The van der Waals surface area contributed by atoms with Gasteiger partial charge in [0, 0.05) is 24.8 Å². The summed E-state index contributed by atoms with van der Waals surface area (Å²) in [5.74, 6) is 0.794. The molecule has 20 heavy (non-hydrogen) atoms. The lowest BCUT2D eigenvalue weighted by Crippen LogP contribution is -2.63. The SMILES string of the molecule is CCNC(C1CCOCC1)C1(N(CC)CC)CCCC1. The molecule has 1 aliphatic heterocycles. The van der Waals surface area contributed by atoms with Gasteiger partial charge in [0.25, 0.3) is 0 Å². The van der Waals surface area contributed by atoms with E-state index in [-0.39, 0.29) is 0 Å². The lowest BCUT2D eigenvalue weighted by molar-refractivity contribution is -0.00386. The molecule has 0 amide bonds. The Morgan fingerprint density at radius 3 is 2.20 bits per heavy atom. The second-order valence-electron chi connectivity index (χ2n) is 6.47. The lowest BCUT2D eigenvalue weighted by atomic mass is 9.75. The number of rotatable bonds is 7. The number of nitrogens with zero attached hydrogens (tertiary/aromatic N) is 1. The first-order chi connectivity index (χ1) is 9.78. The van der Waals surface area contributed by atoms with Gasteiger partial charge in [-0.2, -0.15) is 0 Å². The van der Waals surface area contributed by atoms with Gasteiger partial charge in [0.1, 0.15) is 0 Å². The maximum absolute atomic E-state index is 5.60. The van der Waals surface area contributed by atoms with Crippen LogP contribution in [0.2, 0.25) is 0 Å². The highest BCUT2D eigenvalue weighted by atomic mass is 16.5. The molecule has 0 aromatic carbocycles. The van der Waals surface area contributed by atoms with Gasteiger partial charge in [-0.25, -0.2) is 0 Å². The standard InChI is InChI=1S/C17H34N2O/c1-4-18-16(15-9-13-20-14-10-15)17(11-7-8-12-17)19(5-2)6-3/h15-16,18H,4-14H2,1-3H3. The fourth-order valence-corrected chi connectivity index (χ4v) is 4.73. The van der Waals surface area contributed by atoms with Crippen LogP contribution in [0.15, 0.2) is 0 Å². The van der Waals surface area contributed by atoms with E-state index in [1.165, 1.54) is 51.6 Å². The van der Waals surface area contributed by atoms with E-state index < -0.39 is 0 Å². The molecular formula is C17H34N2O. The van der Waals surface area contributed by atoms with Crippen LogP contribution in [-0.2, 0) is 4.74 Å². The molecule has 2 aliphatic rings. The molecule has 1 unspecified atom stereocenters. The molecule has 2 rings (SSSR count). The molecule has 1 saturated carbocycles. The Hall–Kier alpha value is -0.120. The molecule has 1 saturated heterocycles. The highest BCUT2D eigenvalue weighted by Crippen LogP contribution is 2.42. The minimum Gasteiger partial charge on any atom is -0.381 e. The van der Waals surface area contributed by atoms with Crippen LogP contribution in [0.25, 0.3) is 0 Å². The van der Waals surface area contributed by atoms with E-state index >= 15 is 0 Å². The van der Waals surface area contributed by atoms with Gasteiger partial charge in [0.05, 0.1) is 0 Å². The van der Waals surface area contributed by atoms with Crippen molar-refractivity contribution in [3.8, 4) is 0 Å². The Morgan fingerprint density at radius 1 is 1.10 bits per heavy atom. The summed E-state index contributed by atoms with van der Waals surface area (Å²) in [6, 6.07) is 0.652. The van der Waals surface area contributed by atoms with Crippen LogP contribution in [0.1, 0.15) is 59.3 Å². The molecule has 1 heterocycles. The molecular weight excluding hydrogens is 248 g/mol. The zero-order chi connectivity index (χ0) is 14.4. The maximum atomic E-state index is 5.60. The third kappa shape index (κ3) is 3.20. The molecule has 0 aromatic rings. The summed E-state index contributed by atoms with van der Waals surface area (Å²) in [5.41, 5.74) is 0.404. The summed E-state index contributed by atoms with van der Waals surface area (Å²) in [5, 5.41) is 3.89. The zero-order valence-corrected chi connectivity index (χ0v) is 13.8. The van der Waals surface area contributed by atoms with Crippen molar-refractivity contribution in [3.05, 3.63) is 0 Å². The summed E-state index contributed by atoms with van der Waals surface area (Å²) in [4.78, 5) is 2.75. The summed E-state index contributed by atoms with van der Waals surface area (Å²) >= 11 is 0. The highest BCUT2D eigenvalue weighted by molar-refractivity contribution is 5.05. The molecule has 0 spiro atoms. The monoisotopic (exact) mass is 282 g/mol. The van der Waals surface area contributed by atoms with Crippen molar-refractivity contribution in [3.63, 3.8) is 0 Å². The fourth-order valence-electron chi connectivity index (χ4n) is 4.73. The van der Waals surface area contributed by atoms with Crippen LogP contribution >= 0.6 is 0 Å². The topological polar surface area (TPSA) is 24.5 Å². The van der Waals surface area contributed by atoms with Gasteiger partial charge in [-0.1, -0.05) is 33.6 Å². The van der Waals surface area contributed by atoms with E-state index in [1.807, 2.05) is 0 Å². The van der Waals surface area contributed by atoms with Gasteiger partial charge in [-0.3, -0.25) is 4.90 Å². The molecule has 1 atom stereocenters. The summed E-state index contributed by atoms with van der Waals surface area (Å²) in [6.45, 7) is 12.3. The molecule has 3 nitrogen and oxygen atoms in total. The zero-order valence-electron chi connectivity index (χ0n) is 13.8. The second-order valence-corrected chi connectivity index (χ2v) is 6.47. The van der Waals surface area contributed by atoms with Crippen molar-refractivity contribution >= 4 is 0 Å². The van der Waals surface area contributed by atoms with E-state index in [0.717, 1.165) is 25.7 Å². The van der Waals surface area contributed by atoms with Crippen LogP contribution in [0.3, 0.4) is 0 Å². The number of likely N-dealkylation sites (N-methyl/N-ethyl adjacent to an activating group) is 2. The van der Waals surface area contributed by atoms with Crippen LogP contribution in [-0.4, -0.2) is 49.3 Å². The molecule has 2 fully saturated rings. The number of ether oxygens (including phenoxy) is 1. The number of nitrogens with one attached hydrogen (secondary N) is 1. The molecule has 0 aromatic heterocycles. The maximum Gasteiger partial charge on any atom is 0.0469 e. The van der Waals surface area contributed by atoms with Crippen LogP contribution < -0.4 is 5.32 Å². The summed E-state index contributed by atoms with van der Waals surface area (Å²) in [6.07, 6.45) is 8.04. The first-order valence-electron chi connectivity index (χ1n) is 8.84. The van der Waals surface area contributed by atoms with Crippen molar-refractivity contribution < 1.29 is 4.74 Å². The smallest absolute Gasteiger partial charge is 0.0469 e. The van der Waals surface area contributed by atoms with Crippen molar-refractivity contribution in [1.82, 2.24) is 10.2 Å². The minimum atomic E-state index is 0.404. The summed E-state index contributed by atoms with van der Waals surface area (Å²) in [7, 11) is 0. The average molecular weight is 282 g/mol. The third-order valence-corrected chi connectivity index (χ3v) is 5.60. The Labute approximate surface area is 125 Å². The Bertz CT molecular complexity index is 266. The van der Waals surface area contributed by atoms with E-state index in [2.05, 4.69) is 31.0 Å². The molecule has 0 radical (unpaired) electrons. The quantitative estimate of drug-likeness (QED) is 0.777. The Kier molecular flexibility index (Phi) is 6.31. The van der Waals surface area contributed by atoms with Crippen molar-refractivity contribution in [1.29, 1.82) is 0 Å². The van der Waals surface area contributed by atoms with Gasteiger partial charge >= 0.3 is 0 Å². The lowest BCUT2D eigenvalue weighted by Gasteiger charge is -2.50. The number of hydrogen-bond acceptors (Lipinski definition) is 3. The van der Waals surface area contributed by atoms with Gasteiger partial charge in [0.15, 0.2) is 0 Å². The normalized spacial score (nSPS) is 25.2. The third-order valence-electron chi connectivity index (χ3n) is 5.60. The molecule has 118 valence electrons. The largest absolute Gasteiger partial charge is 0.381 e. The van der Waals surface area contributed by atoms with Gasteiger partial charge in [-0.05, 0) is 51.2 Å². The predicted molar refractivity (Wildman–Crippen MR) is 85.1 cm³/mol. The molecule has 3 heteroatoms. The first-order valence-corrected chi connectivity index (χ1v) is 8.84. The summed E-state index contributed by atoms with van der Waals surface area (Å²) < 4.78 is 5.60. The van der Waals surface area contributed by atoms with E-state index in [1.54, 1.807) is 0 Å². The Balaban J connectivity index is 2.21. The molecule has 0 bridgehead atoms.